The maximum Gasteiger partial charge on any atom is 0.246 e. The van der Waals surface area contributed by atoms with Crippen molar-refractivity contribution in [1.82, 2.24) is 88.1 Å². The monoisotopic (exact) mass is 1740 g/mol. The second-order valence-corrected chi connectivity index (χ2v) is 33.7. The van der Waals surface area contributed by atoms with Crippen LogP contribution in [0.3, 0.4) is 0 Å². The first-order valence-corrected chi connectivity index (χ1v) is 43.0. The van der Waals surface area contributed by atoms with Gasteiger partial charge in [-0.1, -0.05) is 116 Å². The zero-order valence-electron chi connectivity index (χ0n) is 73.1. The molecule has 3 aliphatic heterocycles. The largest absolute Gasteiger partial charge is 0.508 e. The number of para-hydroxylation sites is 2. The molecule has 1 unspecified atom stereocenters. The molecule has 8 rings (SSSR count). The van der Waals surface area contributed by atoms with Gasteiger partial charge in [-0.3, -0.25) is 82.0 Å². The minimum atomic E-state index is -1.73. The molecule has 0 saturated carbocycles. The lowest BCUT2D eigenvalue weighted by atomic mass is 9.94. The van der Waals surface area contributed by atoms with Crippen LogP contribution in [0, 0.1) is 11.8 Å². The molecule has 15 amide bonds. The summed E-state index contributed by atoms with van der Waals surface area (Å²) in [5.41, 5.74) is 21.0. The summed E-state index contributed by atoms with van der Waals surface area (Å²) in [5, 5.41) is 52.8. The number of hydrogen-bond donors (Lipinski definition) is 18. The maximum atomic E-state index is 15.7. The zero-order valence-corrected chi connectivity index (χ0v) is 73.1. The molecule has 0 spiro atoms. The van der Waals surface area contributed by atoms with Gasteiger partial charge in [-0.15, -0.1) is 0 Å². The summed E-state index contributed by atoms with van der Waals surface area (Å²) < 4.78 is 0. The van der Waals surface area contributed by atoms with Gasteiger partial charge in [0.1, 0.15) is 78.3 Å². The first-order chi connectivity index (χ1) is 59.4. The first-order valence-electron chi connectivity index (χ1n) is 43.0. The van der Waals surface area contributed by atoms with Crippen LogP contribution in [0.2, 0.25) is 0 Å². The molecule has 682 valence electrons. The third kappa shape index (κ3) is 26.6. The number of amides is 15. The van der Waals surface area contributed by atoms with Gasteiger partial charge in [0, 0.05) is 87.7 Å². The Morgan fingerprint density at radius 2 is 1.02 bits per heavy atom. The molecule has 5 heterocycles. The van der Waals surface area contributed by atoms with Crippen molar-refractivity contribution in [3.63, 3.8) is 0 Å². The number of carbonyl (C=O) groups excluding carboxylic acids is 16. The molecule has 38 heteroatoms. The van der Waals surface area contributed by atoms with Gasteiger partial charge in [0.05, 0.1) is 37.2 Å². The van der Waals surface area contributed by atoms with E-state index in [2.05, 4.69) is 68.5 Å². The van der Waals surface area contributed by atoms with Crippen LogP contribution in [0.5, 0.6) is 5.75 Å². The minimum absolute atomic E-state index is 0.0157. The molecule has 2 bridgehead atoms. The number of benzene rings is 3. The quantitative estimate of drug-likeness (QED) is 0.0406. The van der Waals surface area contributed by atoms with Gasteiger partial charge in [-0.2, -0.15) is 0 Å². The van der Waals surface area contributed by atoms with Gasteiger partial charge >= 0.3 is 0 Å². The number of aliphatic hydroxyl groups excluding tert-OH is 1. The highest BCUT2D eigenvalue weighted by atomic mass is 16.3. The predicted molar refractivity (Wildman–Crippen MR) is 463 cm³/mol. The highest BCUT2D eigenvalue weighted by molar-refractivity contribution is 6.03. The molecule has 0 radical (unpaired) electrons. The SMILES string of the molecule is CCCC[C@H]1C(=O)N(C)[C@@H](CCCC)C(=O)N[C@@H](CC(C)C)C(=O)N[C@H](C)C(=O)NCC(=O)N[C@@H](Cc2ccc(O)cc2)C(=O)N(C)[C@@H](C)C(=O)N[C@@H](CC(N)=O)C(=O)N2CCC[C@H]2C(=O)N[C@@H](CN)C(=O)N[C@@H](CC(C)C)C(=O)C2N[C@@H](C[C@H]2O)C(=O)N[C@@H](Cc2c[nH]c3ccccc23)C(=O)N[C@@H](CCN)C(=O)N[C@@H](Cc2c[nH]c3ccccc23)C(=O)N1C. The summed E-state index contributed by atoms with van der Waals surface area (Å²) in [4.78, 5) is 245. The molecule has 0 aliphatic carbocycles. The van der Waals surface area contributed by atoms with Crippen molar-refractivity contribution in [2.75, 3.05) is 47.3 Å². The maximum absolute atomic E-state index is 15.7. The number of aliphatic hydroxyl groups is 1. The van der Waals surface area contributed by atoms with E-state index in [0.29, 0.717) is 64.2 Å². The lowest BCUT2D eigenvalue weighted by Crippen LogP contribution is -2.61. The Morgan fingerprint density at radius 3 is 1.61 bits per heavy atom. The number of nitrogens with one attached hydrogen (secondary N) is 13. The van der Waals surface area contributed by atoms with Crippen LogP contribution >= 0.6 is 0 Å². The Balaban J connectivity index is 1.14. The van der Waals surface area contributed by atoms with Crippen LogP contribution in [0.1, 0.15) is 156 Å². The number of hydrogen-bond acceptors (Lipinski definition) is 21. The molecular formula is C87H126N20O18. The molecule has 3 aromatic carbocycles. The number of phenolic OH excluding ortho intramolecular Hbond substituents is 1. The van der Waals surface area contributed by atoms with Crippen molar-refractivity contribution in [2.24, 2.45) is 29.0 Å². The summed E-state index contributed by atoms with van der Waals surface area (Å²) in [6.07, 6.45) is 2.12. The van der Waals surface area contributed by atoms with E-state index in [4.69, 9.17) is 17.2 Å². The smallest absolute Gasteiger partial charge is 0.246 e. The van der Waals surface area contributed by atoms with Gasteiger partial charge in [0.25, 0.3) is 0 Å². The second kappa shape index (κ2) is 46.2. The van der Waals surface area contributed by atoms with Crippen molar-refractivity contribution in [2.45, 2.75) is 255 Å². The lowest BCUT2D eigenvalue weighted by molar-refractivity contribution is -0.149. The van der Waals surface area contributed by atoms with Crippen LogP contribution in [0.4, 0.5) is 0 Å². The summed E-state index contributed by atoms with van der Waals surface area (Å²) in [6.45, 7) is 11.9. The van der Waals surface area contributed by atoms with Crippen molar-refractivity contribution in [3.05, 3.63) is 102 Å². The van der Waals surface area contributed by atoms with Crippen molar-refractivity contribution in [1.29, 1.82) is 0 Å². The highest BCUT2D eigenvalue weighted by Gasteiger charge is 2.47. The summed E-state index contributed by atoms with van der Waals surface area (Å²) in [7, 11) is 4.06. The number of nitrogens with zero attached hydrogens (tertiary/aromatic N) is 4. The Hall–Kier alpha value is -11.9. The molecule has 2 aromatic heterocycles. The van der Waals surface area contributed by atoms with E-state index in [0.717, 1.165) is 9.80 Å². The Bertz CT molecular complexity index is 4670. The van der Waals surface area contributed by atoms with Crippen molar-refractivity contribution in [3.8, 4) is 5.75 Å². The normalized spacial score (nSPS) is 26.5. The summed E-state index contributed by atoms with van der Waals surface area (Å²) in [6, 6.07) is -1.47. The molecule has 3 aliphatic rings. The number of likely N-dealkylation sites (N-methyl/N-ethyl adjacent to an activating group) is 3. The number of Topliss-reactive ketones (excluding diaryl/α,β-unsaturated/α-hetero) is 1. The van der Waals surface area contributed by atoms with Gasteiger partial charge in [-0.25, -0.2) is 0 Å². The number of unbranched alkanes of at least 4 members (excludes halogenated alkanes) is 2. The molecule has 5 aromatic rings. The fourth-order valence-corrected chi connectivity index (χ4v) is 16.0. The van der Waals surface area contributed by atoms with Gasteiger partial charge in [0.15, 0.2) is 5.78 Å². The third-order valence-electron chi connectivity index (χ3n) is 23.2. The van der Waals surface area contributed by atoms with E-state index in [9.17, 15) is 67.7 Å². The zero-order chi connectivity index (χ0) is 91.8. The fourth-order valence-electron chi connectivity index (χ4n) is 16.0. The number of aromatic hydroxyl groups is 1. The van der Waals surface area contributed by atoms with Gasteiger partial charge in [0.2, 0.25) is 88.6 Å². The number of nitrogens with two attached hydrogens (primary N) is 3. The number of ketones is 1. The molecule has 16 atom stereocenters. The number of fused-ring (bicyclic) bond motifs is 5. The van der Waals surface area contributed by atoms with E-state index >= 15 is 19.2 Å². The molecular weight excluding hydrogens is 1610 g/mol. The average Bonchev–Trinajstić information content (AvgIpc) is 1.79. The number of H-pyrrole nitrogens is 2. The highest BCUT2D eigenvalue weighted by Crippen LogP contribution is 2.27. The summed E-state index contributed by atoms with van der Waals surface area (Å²) >= 11 is 0. The van der Waals surface area contributed by atoms with E-state index in [-0.39, 0.29) is 101 Å². The number of aromatic amines is 2. The Morgan fingerprint density at radius 1 is 0.512 bits per heavy atom. The Kier molecular flexibility index (Phi) is 36.4. The number of rotatable bonds is 21. The minimum Gasteiger partial charge on any atom is -0.508 e. The average molecular weight is 1740 g/mol. The predicted octanol–water partition coefficient (Wildman–Crippen LogP) is -1.30. The molecule has 38 nitrogen and oxygen atoms in total. The standard InChI is InChI=1S/C87H126N20O18/c1-12-14-25-67-82(120)100-60(36-47(5)6)78(116)94-48(7)75(113)93-45-72(111)95-63(37-50-28-30-53(108)31-29-50)84(122)104(9)49(8)76(114)101-65(41-71(90)110)86(124)107-34-20-27-68(107)83(121)103-66(42-89)81(119)98-59(35-46(3)4)74(112)73-70(109)40-62(96-73)80(118)99-61(38-51-43-91-56-23-18-16-21-54(51)56)79(117)97-58(32-33-88)77(115)102-64(39-52-44-92-57-24-19-17-22-55(52)57)85(123)106(11)69(26-15-13-2)87(125)105(67)10/h16-19,21-24,28-31,43-44,46-49,58-70,73,91-92,96,108-109H,12-15,20,25-27,32-42,45,88-89H2,1-11H3,(H2,90,110)(H,93,113)(H,94,116)(H,95,111)(H,97,117)(H,98,119)(H,99,118)(H,100,120)(H,101,114)(H,102,115)(H,103,121)/t48-,49+,58+,59+,60+,61+,62+,63+,64+,65+,66+,67+,68+,69+,70-,73?/m1/s1. The van der Waals surface area contributed by atoms with Crippen molar-refractivity contribution < 1.29 is 86.9 Å². The number of primary amides is 1. The van der Waals surface area contributed by atoms with Crippen LogP contribution in [0.15, 0.2) is 85.2 Å². The van der Waals surface area contributed by atoms with Crippen LogP contribution < -0.4 is 75.7 Å². The van der Waals surface area contributed by atoms with Crippen LogP contribution in [-0.4, -0.2) is 278 Å². The third-order valence-corrected chi connectivity index (χ3v) is 23.2. The number of phenols is 1. The molecule has 125 heavy (non-hydrogen) atoms. The van der Waals surface area contributed by atoms with Gasteiger partial charge < -0.3 is 110 Å². The first kappa shape index (κ1) is 98.5. The Labute approximate surface area is 726 Å². The van der Waals surface area contributed by atoms with E-state index in [1.54, 1.807) is 70.4 Å². The fraction of sp³-hybridized carbons (Fsp3) is 0.563. The number of aromatic nitrogens is 2. The van der Waals surface area contributed by atoms with E-state index < -0.39 is 211 Å². The molecule has 21 N–H and O–H groups in total. The van der Waals surface area contributed by atoms with Gasteiger partial charge in [-0.05, 0) is 125 Å². The van der Waals surface area contributed by atoms with Crippen molar-refractivity contribution >= 4 is 116 Å². The van der Waals surface area contributed by atoms with Crippen LogP contribution in [-0.2, 0) is 96.0 Å². The lowest BCUT2D eigenvalue weighted by Gasteiger charge is -2.36. The van der Waals surface area contributed by atoms with E-state index in [1.807, 2.05) is 32.0 Å². The summed E-state index contributed by atoms with van der Waals surface area (Å²) in [5.74, 6) is -14.5. The second-order valence-electron chi connectivity index (χ2n) is 33.7. The van der Waals surface area contributed by atoms with Crippen LogP contribution in [0.25, 0.3) is 21.8 Å². The number of carbonyl (C=O) groups is 16. The molecule has 3 saturated heterocycles. The topological polar surface area (TPSA) is 569 Å². The molecule has 3 fully saturated rings. The van der Waals surface area contributed by atoms with E-state index in [1.165, 1.54) is 69.1 Å².